The molecular formula is C14H18ClFN2S. The number of hydrogen-bond donors (Lipinski definition) is 1. The molecule has 2 rings (SSSR count). The number of hydrogen-bond acceptors (Lipinski definition) is 1. The molecule has 1 heterocycles. The van der Waals surface area contributed by atoms with Crippen LogP contribution in [0.1, 0.15) is 39.7 Å². The molecule has 19 heavy (non-hydrogen) atoms. The highest BCUT2D eigenvalue weighted by Gasteiger charge is 2.14. The fourth-order valence-electron chi connectivity index (χ4n) is 2.26. The molecule has 0 spiro atoms. The number of imidazole rings is 1. The summed E-state index contributed by atoms with van der Waals surface area (Å²) in [6.45, 7) is 6.53. The Morgan fingerprint density at radius 2 is 2.00 bits per heavy atom. The van der Waals surface area contributed by atoms with Gasteiger partial charge >= 0.3 is 0 Å². The van der Waals surface area contributed by atoms with Gasteiger partial charge in [-0.2, -0.15) is 0 Å². The van der Waals surface area contributed by atoms with E-state index >= 15 is 0 Å². The minimum Gasteiger partial charge on any atom is -0.330 e. The van der Waals surface area contributed by atoms with Gasteiger partial charge < -0.3 is 9.55 Å². The van der Waals surface area contributed by atoms with Crippen LogP contribution in [0.25, 0.3) is 11.0 Å². The summed E-state index contributed by atoms with van der Waals surface area (Å²) in [7, 11) is 0. The van der Waals surface area contributed by atoms with Gasteiger partial charge in [-0.3, -0.25) is 0 Å². The Balaban J connectivity index is 2.45. The van der Waals surface area contributed by atoms with Crippen molar-refractivity contribution in [1.29, 1.82) is 0 Å². The van der Waals surface area contributed by atoms with Crippen LogP contribution in [0.15, 0.2) is 12.1 Å². The first-order valence-corrected chi connectivity index (χ1v) is 7.28. The highest BCUT2D eigenvalue weighted by molar-refractivity contribution is 7.71. The van der Waals surface area contributed by atoms with Gasteiger partial charge in [0.05, 0.1) is 16.1 Å². The van der Waals surface area contributed by atoms with Crippen molar-refractivity contribution >= 4 is 34.9 Å². The van der Waals surface area contributed by atoms with E-state index in [1.54, 1.807) is 6.07 Å². The maximum Gasteiger partial charge on any atom is 0.178 e. The minimum atomic E-state index is -0.424. The van der Waals surface area contributed by atoms with Gasteiger partial charge in [-0.15, -0.1) is 0 Å². The zero-order valence-corrected chi connectivity index (χ0v) is 12.9. The number of fused-ring (bicyclic) bond motifs is 1. The van der Waals surface area contributed by atoms with Crippen molar-refractivity contribution in [3.05, 3.63) is 27.7 Å². The third-order valence-electron chi connectivity index (χ3n) is 3.36. The summed E-state index contributed by atoms with van der Waals surface area (Å²) in [5.74, 6) is 0.232. The molecule has 1 aromatic heterocycles. The van der Waals surface area contributed by atoms with Crippen molar-refractivity contribution in [3.8, 4) is 0 Å². The maximum absolute atomic E-state index is 13.4. The van der Waals surface area contributed by atoms with E-state index in [0.717, 1.165) is 18.4 Å². The first-order chi connectivity index (χ1) is 8.90. The molecule has 0 fully saturated rings. The highest BCUT2D eigenvalue weighted by atomic mass is 35.5. The van der Waals surface area contributed by atoms with Crippen LogP contribution in [-0.4, -0.2) is 9.55 Å². The summed E-state index contributed by atoms with van der Waals surface area (Å²) in [5, 5.41) is 0.131. The molecule has 1 aromatic carbocycles. The Morgan fingerprint density at radius 1 is 1.32 bits per heavy atom. The quantitative estimate of drug-likeness (QED) is 0.741. The fourth-order valence-corrected chi connectivity index (χ4v) is 2.81. The second-order valence-corrected chi connectivity index (χ2v) is 6.20. The molecule has 0 aliphatic heterocycles. The van der Waals surface area contributed by atoms with E-state index in [4.69, 9.17) is 23.8 Å². The molecule has 0 aliphatic carbocycles. The number of aromatic nitrogens is 2. The molecule has 2 nitrogen and oxygen atoms in total. The summed E-state index contributed by atoms with van der Waals surface area (Å²) >= 11 is 11.2. The lowest BCUT2D eigenvalue weighted by Crippen LogP contribution is -2.06. The van der Waals surface area contributed by atoms with Crippen LogP contribution in [0.4, 0.5) is 4.39 Å². The smallest absolute Gasteiger partial charge is 0.178 e. The number of nitrogens with zero attached hydrogens (tertiary/aromatic N) is 1. The maximum atomic E-state index is 13.4. The Labute approximate surface area is 122 Å². The van der Waals surface area contributed by atoms with Crippen LogP contribution >= 0.6 is 23.8 Å². The number of H-pyrrole nitrogens is 1. The monoisotopic (exact) mass is 300 g/mol. The van der Waals surface area contributed by atoms with Crippen LogP contribution in [-0.2, 0) is 0 Å². The average Bonchev–Trinajstić information content (AvgIpc) is 2.62. The molecule has 0 amide bonds. The SMILES string of the molecule is CC(C)CCC(C)n1c(=S)[nH]c2cc(F)c(Cl)cc21. The predicted molar refractivity (Wildman–Crippen MR) is 80.9 cm³/mol. The summed E-state index contributed by atoms with van der Waals surface area (Å²) in [4.78, 5) is 3.04. The Hall–Kier alpha value is -0.870. The number of benzene rings is 1. The lowest BCUT2D eigenvalue weighted by Gasteiger charge is -2.16. The summed E-state index contributed by atoms with van der Waals surface area (Å²) in [6, 6.07) is 3.31. The van der Waals surface area contributed by atoms with Gasteiger partial charge in [-0.25, -0.2) is 4.39 Å². The molecule has 0 saturated heterocycles. The van der Waals surface area contributed by atoms with Crippen molar-refractivity contribution < 1.29 is 4.39 Å². The summed E-state index contributed by atoms with van der Waals surface area (Å²) in [6.07, 6.45) is 2.17. The third kappa shape index (κ3) is 3.00. The van der Waals surface area contributed by atoms with Gasteiger partial charge in [-0.05, 0) is 44.0 Å². The minimum absolute atomic E-state index is 0.131. The fraction of sp³-hybridized carbons (Fsp3) is 0.500. The molecule has 0 bridgehead atoms. The second kappa shape index (κ2) is 5.63. The standard InChI is InChI=1S/C14H18ClFN2S/c1-8(2)4-5-9(3)18-13-6-10(15)11(16)7-12(13)17-14(18)19/h6-9H,4-5H2,1-3H3,(H,17,19). The van der Waals surface area contributed by atoms with Crippen LogP contribution in [0.5, 0.6) is 0 Å². The number of nitrogens with one attached hydrogen (secondary N) is 1. The molecule has 0 saturated carbocycles. The molecule has 2 aromatic rings. The summed E-state index contributed by atoms with van der Waals surface area (Å²) < 4.78 is 16.1. The molecule has 0 aliphatic rings. The van der Waals surface area contributed by atoms with Crippen molar-refractivity contribution in [3.63, 3.8) is 0 Å². The molecule has 1 N–H and O–H groups in total. The molecule has 104 valence electrons. The van der Waals surface area contributed by atoms with E-state index in [2.05, 4.69) is 25.8 Å². The van der Waals surface area contributed by atoms with Crippen molar-refractivity contribution in [2.45, 2.75) is 39.7 Å². The Kier molecular flexibility index (Phi) is 4.31. The van der Waals surface area contributed by atoms with Gasteiger partial charge in [0, 0.05) is 12.1 Å². The van der Waals surface area contributed by atoms with Gasteiger partial charge in [0.15, 0.2) is 4.77 Å². The van der Waals surface area contributed by atoms with E-state index in [0.29, 0.717) is 16.2 Å². The van der Waals surface area contributed by atoms with Crippen molar-refractivity contribution in [1.82, 2.24) is 9.55 Å². The first-order valence-electron chi connectivity index (χ1n) is 6.49. The first kappa shape index (κ1) is 14.5. The molecule has 1 unspecified atom stereocenters. The number of aromatic amines is 1. The van der Waals surface area contributed by atoms with Gasteiger partial charge in [-0.1, -0.05) is 25.4 Å². The zero-order valence-electron chi connectivity index (χ0n) is 11.3. The normalized spacial score (nSPS) is 13.4. The van der Waals surface area contributed by atoms with Crippen LogP contribution in [0.2, 0.25) is 5.02 Å². The van der Waals surface area contributed by atoms with Gasteiger partial charge in [0.25, 0.3) is 0 Å². The molecular weight excluding hydrogens is 283 g/mol. The number of rotatable bonds is 4. The highest BCUT2D eigenvalue weighted by Crippen LogP contribution is 2.27. The van der Waals surface area contributed by atoms with Crippen molar-refractivity contribution in [2.24, 2.45) is 5.92 Å². The van der Waals surface area contributed by atoms with E-state index in [9.17, 15) is 4.39 Å². The molecule has 0 radical (unpaired) electrons. The number of halogens is 2. The van der Waals surface area contributed by atoms with E-state index in [1.807, 2.05) is 4.57 Å². The molecule has 1 atom stereocenters. The van der Waals surface area contributed by atoms with Crippen LogP contribution in [0, 0.1) is 16.5 Å². The largest absolute Gasteiger partial charge is 0.330 e. The van der Waals surface area contributed by atoms with Gasteiger partial charge in [0.1, 0.15) is 5.82 Å². The van der Waals surface area contributed by atoms with Crippen molar-refractivity contribution in [2.75, 3.05) is 0 Å². The predicted octanol–water partition coefficient (Wildman–Crippen LogP) is 5.49. The topological polar surface area (TPSA) is 20.7 Å². The van der Waals surface area contributed by atoms with E-state index in [-0.39, 0.29) is 11.1 Å². The molecule has 5 heteroatoms. The Bertz CT molecular complexity index is 645. The third-order valence-corrected chi connectivity index (χ3v) is 3.95. The lowest BCUT2D eigenvalue weighted by molar-refractivity contribution is 0.443. The Morgan fingerprint density at radius 3 is 2.63 bits per heavy atom. The lowest BCUT2D eigenvalue weighted by atomic mass is 10.0. The van der Waals surface area contributed by atoms with Crippen LogP contribution in [0.3, 0.4) is 0 Å². The van der Waals surface area contributed by atoms with E-state index < -0.39 is 5.82 Å². The van der Waals surface area contributed by atoms with E-state index in [1.165, 1.54) is 6.07 Å². The average molecular weight is 301 g/mol. The second-order valence-electron chi connectivity index (χ2n) is 5.40. The summed E-state index contributed by atoms with van der Waals surface area (Å²) in [5.41, 5.74) is 1.57. The zero-order chi connectivity index (χ0) is 14.2. The van der Waals surface area contributed by atoms with Gasteiger partial charge in [0.2, 0.25) is 0 Å². The van der Waals surface area contributed by atoms with Crippen LogP contribution < -0.4 is 0 Å².